The highest BCUT2D eigenvalue weighted by molar-refractivity contribution is 5.99. The van der Waals surface area contributed by atoms with Crippen LogP contribution in [0.3, 0.4) is 0 Å². The Morgan fingerprint density at radius 1 is 0.780 bits per heavy atom. The summed E-state index contributed by atoms with van der Waals surface area (Å²) in [6.45, 7) is 10.1. The number of nitrogens with zero attached hydrogens (tertiary/aromatic N) is 2. The van der Waals surface area contributed by atoms with E-state index in [9.17, 15) is 14.4 Å². The molecule has 0 atom stereocenters. The summed E-state index contributed by atoms with van der Waals surface area (Å²) in [6, 6.07) is 17.0. The monoisotopic (exact) mass is 558 g/mol. The highest BCUT2D eigenvalue weighted by Crippen LogP contribution is 2.30. The van der Waals surface area contributed by atoms with Gasteiger partial charge in [-0.25, -0.2) is 9.59 Å². The van der Waals surface area contributed by atoms with E-state index >= 15 is 0 Å². The molecule has 1 aliphatic heterocycles. The van der Waals surface area contributed by atoms with E-state index in [1.807, 2.05) is 53.6 Å². The number of esters is 2. The molecule has 0 spiro atoms. The molecule has 1 saturated heterocycles. The molecule has 3 aromatic rings. The fourth-order valence-corrected chi connectivity index (χ4v) is 5.37. The van der Waals surface area contributed by atoms with E-state index in [1.54, 1.807) is 18.2 Å². The van der Waals surface area contributed by atoms with Crippen molar-refractivity contribution in [3.63, 3.8) is 0 Å². The second-order valence-electron chi connectivity index (χ2n) is 10.9. The Morgan fingerprint density at radius 2 is 1.41 bits per heavy atom. The van der Waals surface area contributed by atoms with E-state index in [-0.39, 0.29) is 23.8 Å². The molecule has 7 nitrogen and oxygen atoms in total. The fourth-order valence-electron chi connectivity index (χ4n) is 5.37. The van der Waals surface area contributed by atoms with Gasteiger partial charge in [0.25, 0.3) is 5.91 Å². The van der Waals surface area contributed by atoms with Gasteiger partial charge in [-0.05, 0) is 93.5 Å². The van der Waals surface area contributed by atoms with Crippen LogP contribution < -0.4 is 0 Å². The van der Waals surface area contributed by atoms with Crippen molar-refractivity contribution in [1.29, 1.82) is 0 Å². The van der Waals surface area contributed by atoms with Crippen LogP contribution in [0.15, 0.2) is 54.6 Å². The van der Waals surface area contributed by atoms with Gasteiger partial charge in [-0.3, -0.25) is 4.79 Å². The minimum atomic E-state index is -0.378. The molecule has 1 fully saturated rings. The van der Waals surface area contributed by atoms with E-state index < -0.39 is 0 Å². The molecule has 7 heteroatoms. The normalized spacial score (nSPS) is 13.7. The third kappa shape index (κ3) is 7.26. The molecule has 0 saturated carbocycles. The molecule has 1 amide bonds. The van der Waals surface area contributed by atoms with Gasteiger partial charge in [-0.15, -0.1) is 0 Å². The lowest BCUT2D eigenvalue weighted by molar-refractivity contribution is 0.0490. The van der Waals surface area contributed by atoms with E-state index in [0.29, 0.717) is 48.7 Å². The number of benzene rings is 2. The molecule has 1 aromatic heterocycles. The molecule has 1 aliphatic rings. The highest BCUT2D eigenvalue weighted by atomic mass is 16.5. The van der Waals surface area contributed by atoms with Crippen LogP contribution in [-0.2, 0) is 9.47 Å². The van der Waals surface area contributed by atoms with Crippen molar-refractivity contribution in [2.75, 3.05) is 26.3 Å². The number of piperidine rings is 1. The van der Waals surface area contributed by atoms with Crippen molar-refractivity contribution in [3.8, 4) is 5.69 Å². The summed E-state index contributed by atoms with van der Waals surface area (Å²) >= 11 is 0. The molecule has 0 N–H and O–H groups in total. The molecule has 41 heavy (non-hydrogen) atoms. The Hall–Kier alpha value is -3.87. The quantitative estimate of drug-likeness (QED) is 0.187. The third-order valence-electron chi connectivity index (χ3n) is 7.81. The molecule has 0 bridgehead atoms. The molecular formula is C34H42N2O5. The van der Waals surface area contributed by atoms with Crippen LogP contribution in [0.25, 0.3) is 5.69 Å². The van der Waals surface area contributed by atoms with Gasteiger partial charge in [0.05, 0.1) is 30.0 Å². The van der Waals surface area contributed by atoms with Crippen molar-refractivity contribution in [1.82, 2.24) is 9.47 Å². The topological polar surface area (TPSA) is 77.8 Å². The zero-order valence-corrected chi connectivity index (χ0v) is 24.8. The van der Waals surface area contributed by atoms with E-state index in [0.717, 1.165) is 55.5 Å². The molecule has 2 heterocycles. The van der Waals surface area contributed by atoms with Gasteiger partial charge in [0.15, 0.2) is 0 Å². The van der Waals surface area contributed by atoms with Gasteiger partial charge in [0.1, 0.15) is 0 Å². The first-order valence-electron chi connectivity index (χ1n) is 14.9. The summed E-state index contributed by atoms with van der Waals surface area (Å²) in [5.74, 6) is -0.443. The molecular weight excluding hydrogens is 516 g/mol. The standard InChI is InChI=1S/C34H42N2O5/c1-5-7-20-40-33(38)29-11-9-10-27(22-29)26-16-18-35(19-17-26)32(37)28-14-15-30(34(39)41-21-8-6-2)31(23-28)36-24(3)12-13-25(36)4/h9-15,22-23,26H,5-8,16-21H2,1-4H3. The van der Waals surface area contributed by atoms with Crippen molar-refractivity contribution in [2.24, 2.45) is 0 Å². The summed E-state index contributed by atoms with van der Waals surface area (Å²) in [4.78, 5) is 40.9. The number of likely N-dealkylation sites (tertiary alicyclic amines) is 1. The average Bonchev–Trinajstić information content (AvgIpc) is 3.33. The Labute approximate surface area is 243 Å². The first-order chi connectivity index (χ1) is 19.8. The van der Waals surface area contributed by atoms with Gasteiger partial charge in [0, 0.05) is 30.0 Å². The summed E-state index contributed by atoms with van der Waals surface area (Å²) in [5, 5.41) is 0. The lowest BCUT2D eigenvalue weighted by Crippen LogP contribution is -2.38. The minimum Gasteiger partial charge on any atom is -0.462 e. The number of unbranched alkanes of at least 4 members (excludes halogenated alkanes) is 2. The summed E-state index contributed by atoms with van der Waals surface area (Å²) in [6.07, 6.45) is 5.21. The third-order valence-corrected chi connectivity index (χ3v) is 7.81. The number of hydrogen-bond acceptors (Lipinski definition) is 5. The molecule has 0 radical (unpaired) electrons. The van der Waals surface area contributed by atoms with Crippen LogP contribution in [0.2, 0.25) is 0 Å². The van der Waals surface area contributed by atoms with Crippen LogP contribution in [0.5, 0.6) is 0 Å². The fraction of sp³-hybridized carbons (Fsp3) is 0.441. The van der Waals surface area contributed by atoms with E-state index in [4.69, 9.17) is 9.47 Å². The second-order valence-corrected chi connectivity index (χ2v) is 10.9. The Bertz CT molecular complexity index is 1350. The first kappa shape index (κ1) is 30.1. The van der Waals surface area contributed by atoms with Crippen molar-refractivity contribution in [3.05, 3.63) is 88.2 Å². The van der Waals surface area contributed by atoms with E-state index in [1.165, 1.54) is 0 Å². The van der Waals surface area contributed by atoms with Crippen LogP contribution >= 0.6 is 0 Å². The minimum absolute atomic E-state index is 0.0497. The van der Waals surface area contributed by atoms with Crippen LogP contribution in [0.4, 0.5) is 0 Å². The SMILES string of the molecule is CCCCOC(=O)c1cccc(C2CCN(C(=O)c3ccc(C(=O)OCCCC)c(-n4c(C)ccc4C)c3)CC2)c1. The van der Waals surface area contributed by atoms with Crippen LogP contribution in [0, 0.1) is 13.8 Å². The Kier molecular flexibility index (Phi) is 10.4. The number of amides is 1. The maximum atomic E-state index is 13.6. The first-order valence-corrected chi connectivity index (χ1v) is 14.9. The molecule has 4 rings (SSSR count). The molecule has 0 aliphatic carbocycles. The van der Waals surface area contributed by atoms with Gasteiger partial charge in [0.2, 0.25) is 0 Å². The van der Waals surface area contributed by atoms with Crippen molar-refractivity contribution < 1.29 is 23.9 Å². The summed E-state index contributed by atoms with van der Waals surface area (Å²) in [7, 11) is 0. The predicted molar refractivity (Wildman–Crippen MR) is 160 cm³/mol. The highest BCUT2D eigenvalue weighted by Gasteiger charge is 2.27. The molecule has 0 unspecified atom stereocenters. The zero-order valence-electron chi connectivity index (χ0n) is 24.8. The number of aromatic nitrogens is 1. The second kappa shape index (κ2) is 14.2. The number of hydrogen-bond donors (Lipinski definition) is 0. The smallest absolute Gasteiger partial charge is 0.340 e. The largest absolute Gasteiger partial charge is 0.462 e. The van der Waals surface area contributed by atoms with E-state index in [2.05, 4.69) is 19.9 Å². The number of ether oxygens (including phenoxy) is 2. The lowest BCUT2D eigenvalue weighted by Gasteiger charge is -2.32. The van der Waals surface area contributed by atoms with Crippen LogP contribution in [-0.4, -0.2) is 53.6 Å². The van der Waals surface area contributed by atoms with Crippen LogP contribution in [0.1, 0.15) is 106 Å². The predicted octanol–water partition coefficient (Wildman–Crippen LogP) is 7.03. The Balaban J connectivity index is 1.48. The lowest BCUT2D eigenvalue weighted by atomic mass is 9.88. The average molecular weight is 559 g/mol. The molecule has 2 aromatic carbocycles. The van der Waals surface area contributed by atoms with Gasteiger partial charge < -0.3 is 18.9 Å². The van der Waals surface area contributed by atoms with Gasteiger partial charge >= 0.3 is 11.9 Å². The number of carbonyl (C=O) groups is 3. The number of rotatable bonds is 11. The summed E-state index contributed by atoms with van der Waals surface area (Å²) < 4.78 is 12.9. The maximum absolute atomic E-state index is 13.6. The maximum Gasteiger partial charge on any atom is 0.340 e. The number of aryl methyl sites for hydroxylation is 2. The van der Waals surface area contributed by atoms with Crippen molar-refractivity contribution >= 4 is 17.8 Å². The Morgan fingerprint density at radius 3 is 2.05 bits per heavy atom. The van der Waals surface area contributed by atoms with Gasteiger partial charge in [-0.2, -0.15) is 0 Å². The van der Waals surface area contributed by atoms with Gasteiger partial charge in [-0.1, -0.05) is 38.8 Å². The molecule has 218 valence electrons. The number of carbonyl (C=O) groups excluding carboxylic acids is 3. The van der Waals surface area contributed by atoms with Crippen molar-refractivity contribution in [2.45, 2.75) is 72.1 Å². The summed E-state index contributed by atoms with van der Waals surface area (Å²) in [5.41, 5.74) is 5.30. The zero-order chi connectivity index (χ0) is 29.4.